The molecule has 0 aromatic heterocycles. The summed E-state index contributed by atoms with van der Waals surface area (Å²) in [5, 5.41) is 6.03. The van der Waals surface area contributed by atoms with Crippen LogP contribution in [-0.4, -0.2) is 26.1 Å². The third-order valence-electron chi connectivity index (χ3n) is 3.77. The lowest BCUT2D eigenvalue weighted by Crippen LogP contribution is -2.36. The molecule has 0 saturated carbocycles. The minimum absolute atomic E-state index is 0.199. The number of guanidine groups is 1. The average Bonchev–Trinajstić information content (AvgIpc) is 2.67. The summed E-state index contributed by atoms with van der Waals surface area (Å²) in [6.07, 6.45) is -4.37. The number of aliphatic imine (C=N–C) groups is 1. The van der Waals surface area contributed by atoms with Crippen LogP contribution < -0.4 is 10.6 Å². The lowest BCUT2D eigenvalue weighted by Gasteiger charge is -2.13. The molecule has 0 aliphatic heterocycles. The van der Waals surface area contributed by atoms with Crippen LogP contribution >= 0.6 is 0 Å². The average molecular weight is 379 g/mol. The summed E-state index contributed by atoms with van der Waals surface area (Å²) in [7, 11) is 2.89. The number of nitrogens with zero attached hydrogens (tertiary/aromatic N) is 1. The molecule has 8 heteroatoms. The molecule has 5 nitrogen and oxygen atoms in total. The van der Waals surface area contributed by atoms with Crippen molar-refractivity contribution in [2.24, 2.45) is 4.99 Å². The first-order valence-electron chi connectivity index (χ1n) is 8.11. The number of carbonyl (C=O) groups is 1. The Labute approximate surface area is 155 Å². The van der Waals surface area contributed by atoms with E-state index in [2.05, 4.69) is 20.4 Å². The number of methoxy groups -OCH3 is 1. The lowest BCUT2D eigenvalue weighted by atomic mass is 10.1. The second kappa shape index (κ2) is 9.07. The first-order valence-corrected chi connectivity index (χ1v) is 8.11. The Kier molecular flexibility index (Phi) is 6.81. The Morgan fingerprint density at radius 2 is 1.67 bits per heavy atom. The number of alkyl halides is 3. The van der Waals surface area contributed by atoms with Crippen molar-refractivity contribution in [2.45, 2.75) is 19.3 Å². The van der Waals surface area contributed by atoms with Crippen LogP contribution in [0.5, 0.6) is 0 Å². The van der Waals surface area contributed by atoms with Gasteiger partial charge in [0.1, 0.15) is 0 Å². The molecule has 2 aromatic rings. The Morgan fingerprint density at radius 1 is 1.04 bits per heavy atom. The van der Waals surface area contributed by atoms with Gasteiger partial charge in [-0.2, -0.15) is 13.2 Å². The first kappa shape index (κ1) is 20.3. The van der Waals surface area contributed by atoms with Gasteiger partial charge in [0.2, 0.25) is 0 Å². The molecule has 0 fully saturated rings. The van der Waals surface area contributed by atoms with Crippen molar-refractivity contribution in [1.29, 1.82) is 0 Å². The summed E-state index contributed by atoms with van der Waals surface area (Å²) in [6, 6.07) is 12.0. The lowest BCUT2D eigenvalue weighted by molar-refractivity contribution is -0.137. The fourth-order valence-electron chi connectivity index (χ4n) is 2.33. The molecular formula is C19H20F3N3O2. The maximum absolute atomic E-state index is 12.8. The quantitative estimate of drug-likeness (QED) is 0.475. The zero-order valence-electron chi connectivity index (χ0n) is 14.9. The van der Waals surface area contributed by atoms with Gasteiger partial charge in [-0.3, -0.25) is 4.99 Å². The van der Waals surface area contributed by atoms with E-state index in [0.717, 1.165) is 17.7 Å². The fourth-order valence-corrected chi connectivity index (χ4v) is 2.33. The number of rotatable bonds is 5. The van der Waals surface area contributed by atoms with Gasteiger partial charge in [-0.15, -0.1) is 0 Å². The maximum atomic E-state index is 12.8. The highest BCUT2D eigenvalue weighted by Crippen LogP contribution is 2.29. The van der Waals surface area contributed by atoms with Crippen molar-refractivity contribution in [2.75, 3.05) is 14.2 Å². The van der Waals surface area contributed by atoms with E-state index in [4.69, 9.17) is 0 Å². The maximum Gasteiger partial charge on any atom is 0.416 e. The van der Waals surface area contributed by atoms with Gasteiger partial charge in [-0.05, 0) is 35.4 Å². The highest BCUT2D eigenvalue weighted by molar-refractivity contribution is 5.89. The van der Waals surface area contributed by atoms with E-state index in [1.54, 1.807) is 37.4 Å². The highest BCUT2D eigenvalue weighted by Gasteiger charge is 2.30. The largest absolute Gasteiger partial charge is 0.465 e. The predicted octanol–water partition coefficient (Wildman–Crippen LogP) is 3.36. The summed E-state index contributed by atoms with van der Waals surface area (Å²) < 4.78 is 42.9. The van der Waals surface area contributed by atoms with E-state index >= 15 is 0 Å². The van der Waals surface area contributed by atoms with E-state index in [1.807, 2.05) is 0 Å². The van der Waals surface area contributed by atoms with E-state index in [1.165, 1.54) is 13.2 Å². The number of ether oxygens (including phenoxy) is 1. The van der Waals surface area contributed by atoms with Gasteiger partial charge >= 0.3 is 12.1 Å². The molecule has 0 aliphatic rings. The van der Waals surface area contributed by atoms with Gasteiger partial charge < -0.3 is 15.4 Å². The Morgan fingerprint density at radius 3 is 2.22 bits per heavy atom. The molecule has 0 unspecified atom stereocenters. The zero-order chi connectivity index (χ0) is 19.9. The molecule has 27 heavy (non-hydrogen) atoms. The third kappa shape index (κ3) is 6.02. The smallest absolute Gasteiger partial charge is 0.416 e. The minimum atomic E-state index is -4.37. The molecule has 144 valence electrons. The summed E-state index contributed by atoms with van der Waals surface area (Å²) >= 11 is 0. The van der Waals surface area contributed by atoms with Gasteiger partial charge in [0.15, 0.2) is 5.96 Å². The second-order valence-corrected chi connectivity index (χ2v) is 5.67. The molecule has 0 amide bonds. The van der Waals surface area contributed by atoms with E-state index in [9.17, 15) is 18.0 Å². The highest BCUT2D eigenvalue weighted by atomic mass is 19.4. The number of carbonyl (C=O) groups excluding carboxylic acids is 1. The zero-order valence-corrected chi connectivity index (χ0v) is 14.9. The summed E-state index contributed by atoms with van der Waals surface area (Å²) in [5.74, 6) is 0.0394. The van der Waals surface area contributed by atoms with E-state index in [-0.39, 0.29) is 6.54 Å². The monoisotopic (exact) mass is 379 g/mol. The minimum Gasteiger partial charge on any atom is -0.465 e. The van der Waals surface area contributed by atoms with Gasteiger partial charge in [0.25, 0.3) is 0 Å². The van der Waals surface area contributed by atoms with Crippen LogP contribution in [0, 0.1) is 0 Å². The van der Waals surface area contributed by atoms with Crippen molar-refractivity contribution in [3.8, 4) is 0 Å². The summed E-state index contributed by atoms with van der Waals surface area (Å²) in [5.41, 5.74) is 1.17. The van der Waals surface area contributed by atoms with Crippen LogP contribution in [0.3, 0.4) is 0 Å². The number of halogens is 3. The van der Waals surface area contributed by atoms with Crippen molar-refractivity contribution in [1.82, 2.24) is 10.6 Å². The molecule has 0 radical (unpaired) electrons. The number of nitrogens with one attached hydrogen (secondary N) is 2. The number of hydrogen-bond donors (Lipinski definition) is 2. The molecule has 2 aromatic carbocycles. The number of benzene rings is 2. The molecule has 0 spiro atoms. The van der Waals surface area contributed by atoms with Crippen molar-refractivity contribution in [3.63, 3.8) is 0 Å². The molecule has 0 saturated heterocycles. The molecule has 0 bridgehead atoms. The third-order valence-corrected chi connectivity index (χ3v) is 3.77. The molecule has 0 atom stereocenters. The summed E-state index contributed by atoms with van der Waals surface area (Å²) in [6.45, 7) is 0.634. The number of esters is 1. The van der Waals surface area contributed by atoms with Crippen LogP contribution in [0.25, 0.3) is 0 Å². The van der Waals surface area contributed by atoms with Crippen LogP contribution in [0.15, 0.2) is 53.5 Å². The van der Waals surface area contributed by atoms with Gasteiger partial charge in [0, 0.05) is 20.1 Å². The van der Waals surface area contributed by atoms with Crippen LogP contribution in [0.2, 0.25) is 0 Å². The number of hydrogen-bond acceptors (Lipinski definition) is 3. The Balaban J connectivity index is 1.90. The van der Waals surface area contributed by atoms with Gasteiger partial charge in [-0.25, -0.2) is 4.79 Å². The Bertz CT molecular complexity index is 803. The van der Waals surface area contributed by atoms with Gasteiger partial charge in [0.05, 0.1) is 18.2 Å². The van der Waals surface area contributed by atoms with Crippen LogP contribution in [0.1, 0.15) is 27.0 Å². The Hall–Kier alpha value is -3.03. The molecule has 0 aliphatic carbocycles. The van der Waals surface area contributed by atoms with E-state index < -0.39 is 17.7 Å². The van der Waals surface area contributed by atoms with Crippen molar-refractivity contribution in [3.05, 3.63) is 70.8 Å². The first-order chi connectivity index (χ1) is 12.8. The predicted molar refractivity (Wildman–Crippen MR) is 96.3 cm³/mol. The van der Waals surface area contributed by atoms with Crippen molar-refractivity contribution >= 4 is 11.9 Å². The molecule has 2 rings (SSSR count). The topological polar surface area (TPSA) is 62.7 Å². The molecule has 0 heterocycles. The van der Waals surface area contributed by atoms with Crippen LogP contribution in [0.4, 0.5) is 13.2 Å². The molecule has 2 N–H and O–H groups in total. The SMILES string of the molecule is CN=C(NCc1ccc(C(=O)OC)cc1)NCc1cccc(C(F)(F)F)c1. The van der Waals surface area contributed by atoms with Crippen molar-refractivity contribution < 1.29 is 22.7 Å². The fraction of sp³-hybridized carbons (Fsp3) is 0.263. The second-order valence-electron chi connectivity index (χ2n) is 5.67. The van der Waals surface area contributed by atoms with Gasteiger partial charge in [-0.1, -0.05) is 24.3 Å². The molecular weight excluding hydrogens is 359 g/mol. The standard InChI is InChI=1S/C19H20F3N3O2/c1-23-18(24-11-13-6-8-15(9-7-13)17(26)27-2)25-12-14-4-3-5-16(10-14)19(20,21)22/h3-10H,11-12H2,1-2H3,(H2,23,24,25). The van der Waals surface area contributed by atoms with Crippen LogP contribution in [-0.2, 0) is 24.0 Å². The summed E-state index contributed by atoms with van der Waals surface area (Å²) in [4.78, 5) is 15.5. The normalized spacial score (nSPS) is 11.8. The van der Waals surface area contributed by atoms with E-state index in [0.29, 0.717) is 23.6 Å².